The first-order valence-corrected chi connectivity index (χ1v) is 5.45. The van der Waals surface area contributed by atoms with Gasteiger partial charge in [0, 0.05) is 19.7 Å². The number of carbonyl (C=O) groups is 1. The Morgan fingerprint density at radius 1 is 1.53 bits per heavy atom. The monoisotopic (exact) mass is 216 g/mol. The van der Waals surface area contributed by atoms with Crippen LogP contribution in [0.3, 0.4) is 0 Å². The SMILES string of the molecule is CCC(C)(N)C(=O)N(CCOC)C(C)C. The van der Waals surface area contributed by atoms with Crippen molar-refractivity contribution in [1.29, 1.82) is 0 Å². The van der Waals surface area contributed by atoms with Gasteiger partial charge >= 0.3 is 0 Å². The first-order chi connectivity index (χ1) is 6.86. The zero-order valence-corrected chi connectivity index (χ0v) is 10.5. The number of hydrogen-bond acceptors (Lipinski definition) is 3. The number of ether oxygens (including phenoxy) is 1. The van der Waals surface area contributed by atoms with Gasteiger partial charge in [0.25, 0.3) is 0 Å². The molecule has 15 heavy (non-hydrogen) atoms. The molecule has 0 aromatic heterocycles. The van der Waals surface area contributed by atoms with Crippen LogP contribution in [-0.4, -0.2) is 42.6 Å². The largest absolute Gasteiger partial charge is 0.383 e. The van der Waals surface area contributed by atoms with Crippen LogP contribution in [0.5, 0.6) is 0 Å². The van der Waals surface area contributed by atoms with E-state index in [1.54, 1.807) is 18.9 Å². The number of carbonyl (C=O) groups excluding carboxylic acids is 1. The van der Waals surface area contributed by atoms with Crippen LogP contribution in [0.25, 0.3) is 0 Å². The third kappa shape index (κ3) is 4.18. The number of rotatable bonds is 6. The lowest BCUT2D eigenvalue weighted by Gasteiger charge is -2.33. The van der Waals surface area contributed by atoms with Crippen molar-refractivity contribution in [3.8, 4) is 0 Å². The Hall–Kier alpha value is -0.610. The van der Waals surface area contributed by atoms with Gasteiger partial charge in [0.2, 0.25) is 5.91 Å². The third-order valence-electron chi connectivity index (χ3n) is 2.64. The molecule has 0 radical (unpaired) electrons. The van der Waals surface area contributed by atoms with E-state index < -0.39 is 5.54 Å². The molecule has 0 aliphatic heterocycles. The van der Waals surface area contributed by atoms with Crippen LogP contribution in [0.4, 0.5) is 0 Å². The van der Waals surface area contributed by atoms with E-state index in [2.05, 4.69) is 0 Å². The van der Waals surface area contributed by atoms with Crippen molar-refractivity contribution in [3.05, 3.63) is 0 Å². The van der Waals surface area contributed by atoms with Crippen LogP contribution in [-0.2, 0) is 9.53 Å². The van der Waals surface area contributed by atoms with Gasteiger partial charge in [0.15, 0.2) is 0 Å². The average molecular weight is 216 g/mol. The van der Waals surface area contributed by atoms with Gasteiger partial charge in [-0.3, -0.25) is 4.79 Å². The summed E-state index contributed by atoms with van der Waals surface area (Å²) in [6.07, 6.45) is 0.641. The minimum absolute atomic E-state index is 0.00273. The van der Waals surface area contributed by atoms with Crippen molar-refractivity contribution < 1.29 is 9.53 Å². The summed E-state index contributed by atoms with van der Waals surface area (Å²) in [6.45, 7) is 8.81. The molecule has 0 bridgehead atoms. The highest BCUT2D eigenvalue weighted by molar-refractivity contribution is 5.85. The number of amides is 1. The van der Waals surface area contributed by atoms with E-state index in [-0.39, 0.29) is 11.9 Å². The first-order valence-electron chi connectivity index (χ1n) is 5.45. The van der Waals surface area contributed by atoms with Crippen LogP contribution in [0.15, 0.2) is 0 Å². The minimum Gasteiger partial charge on any atom is -0.383 e. The van der Waals surface area contributed by atoms with E-state index in [1.165, 1.54) is 0 Å². The highest BCUT2D eigenvalue weighted by atomic mass is 16.5. The zero-order valence-electron chi connectivity index (χ0n) is 10.5. The second-order valence-electron chi connectivity index (χ2n) is 4.36. The molecule has 0 heterocycles. The average Bonchev–Trinajstić information content (AvgIpc) is 2.17. The molecule has 0 aliphatic carbocycles. The standard InChI is InChI=1S/C11H24N2O2/c1-6-11(4,12)10(14)13(9(2)3)7-8-15-5/h9H,6-8,12H2,1-5H3. The predicted molar refractivity (Wildman–Crippen MR) is 61.6 cm³/mol. The molecule has 0 aromatic carbocycles. The van der Waals surface area contributed by atoms with Crippen LogP contribution in [0, 0.1) is 0 Å². The van der Waals surface area contributed by atoms with Gasteiger partial charge < -0.3 is 15.4 Å². The summed E-state index contributed by atoms with van der Waals surface area (Å²) in [5, 5.41) is 0. The number of methoxy groups -OCH3 is 1. The normalized spacial score (nSPS) is 15.1. The highest BCUT2D eigenvalue weighted by Crippen LogP contribution is 2.12. The smallest absolute Gasteiger partial charge is 0.242 e. The van der Waals surface area contributed by atoms with Gasteiger partial charge in [-0.05, 0) is 27.2 Å². The van der Waals surface area contributed by atoms with Crippen molar-refractivity contribution in [1.82, 2.24) is 4.90 Å². The Bertz CT molecular complexity index is 203. The predicted octanol–water partition coefficient (Wildman–Crippen LogP) is 0.997. The van der Waals surface area contributed by atoms with Gasteiger partial charge in [-0.2, -0.15) is 0 Å². The maximum Gasteiger partial charge on any atom is 0.242 e. The molecule has 4 heteroatoms. The van der Waals surface area contributed by atoms with Gasteiger partial charge in [0.1, 0.15) is 0 Å². The van der Waals surface area contributed by atoms with E-state index in [0.717, 1.165) is 0 Å². The van der Waals surface area contributed by atoms with Crippen molar-refractivity contribution in [3.63, 3.8) is 0 Å². The van der Waals surface area contributed by atoms with Crippen LogP contribution in [0.1, 0.15) is 34.1 Å². The van der Waals surface area contributed by atoms with E-state index in [9.17, 15) is 4.79 Å². The van der Waals surface area contributed by atoms with Crippen LogP contribution in [0.2, 0.25) is 0 Å². The van der Waals surface area contributed by atoms with Crippen molar-refractivity contribution in [2.45, 2.75) is 45.7 Å². The van der Waals surface area contributed by atoms with Crippen molar-refractivity contribution in [2.75, 3.05) is 20.3 Å². The summed E-state index contributed by atoms with van der Waals surface area (Å²) >= 11 is 0. The third-order valence-corrected chi connectivity index (χ3v) is 2.64. The molecular formula is C11H24N2O2. The molecule has 2 N–H and O–H groups in total. The molecule has 0 saturated heterocycles. The molecular weight excluding hydrogens is 192 g/mol. The molecule has 1 atom stereocenters. The first kappa shape index (κ1) is 14.4. The fourth-order valence-electron chi connectivity index (χ4n) is 1.26. The lowest BCUT2D eigenvalue weighted by molar-refractivity contribution is -0.139. The van der Waals surface area contributed by atoms with E-state index in [0.29, 0.717) is 19.6 Å². The summed E-state index contributed by atoms with van der Waals surface area (Å²) in [5.74, 6) is -0.00273. The number of nitrogens with two attached hydrogens (primary N) is 1. The molecule has 4 nitrogen and oxygen atoms in total. The van der Waals surface area contributed by atoms with Crippen molar-refractivity contribution in [2.24, 2.45) is 5.73 Å². The quantitative estimate of drug-likeness (QED) is 0.720. The molecule has 0 aromatic rings. The maximum atomic E-state index is 12.1. The summed E-state index contributed by atoms with van der Waals surface area (Å²) < 4.78 is 4.98. The summed E-state index contributed by atoms with van der Waals surface area (Å²) in [6, 6.07) is 0.155. The van der Waals surface area contributed by atoms with Crippen molar-refractivity contribution >= 4 is 5.91 Å². The van der Waals surface area contributed by atoms with E-state index in [4.69, 9.17) is 10.5 Å². The second kappa shape index (κ2) is 6.08. The molecule has 0 saturated carbocycles. The maximum absolute atomic E-state index is 12.1. The Balaban J connectivity index is 4.55. The fourth-order valence-corrected chi connectivity index (χ4v) is 1.26. The molecule has 0 fully saturated rings. The van der Waals surface area contributed by atoms with Crippen LogP contribution < -0.4 is 5.73 Å². The van der Waals surface area contributed by atoms with Gasteiger partial charge in [-0.25, -0.2) is 0 Å². The van der Waals surface area contributed by atoms with Crippen LogP contribution >= 0.6 is 0 Å². The highest BCUT2D eigenvalue weighted by Gasteiger charge is 2.31. The topological polar surface area (TPSA) is 55.6 Å². The Morgan fingerprint density at radius 2 is 2.07 bits per heavy atom. The summed E-state index contributed by atoms with van der Waals surface area (Å²) in [4.78, 5) is 13.9. The molecule has 1 amide bonds. The minimum atomic E-state index is -0.766. The summed E-state index contributed by atoms with van der Waals surface area (Å²) in [5.41, 5.74) is 5.17. The summed E-state index contributed by atoms with van der Waals surface area (Å²) in [7, 11) is 1.63. The molecule has 0 spiro atoms. The number of nitrogens with zero attached hydrogens (tertiary/aromatic N) is 1. The lowest BCUT2D eigenvalue weighted by atomic mass is 9.98. The van der Waals surface area contributed by atoms with Gasteiger partial charge in [0.05, 0.1) is 12.1 Å². The van der Waals surface area contributed by atoms with Gasteiger partial charge in [-0.1, -0.05) is 6.92 Å². The Labute approximate surface area is 92.8 Å². The van der Waals surface area contributed by atoms with E-state index >= 15 is 0 Å². The molecule has 0 aliphatic rings. The van der Waals surface area contributed by atoms with E-state index in [1.807, 2.05) is 20.8 Å². The molecule has 90 valence electrons. The Morgan fingerprint density at radius 3 is 2.40 bits per heavy atom. The molecule has 1 unspecified atom stereocenters. The Kier molecular flexibility index (Phi) is 5.83. The number of hydrogen-bond donors (Lipinski definition) is 1. The fraction of sp³-hybridized carbons (Fsp3) is 0.909. The zero-order chi connectivity index (χ0) is 12.1. The molecule has 0 rings (SSSR count). The van der Waals surface area contributed by atoms with Gasteiger partial charge in [-0.15, -0.1) is 0 Å². The second-order valence-corrected chi connectivity index (χ2v) is 4.36. The lowest BCUT2D eigenvalue weighted by Crippen LogP contribution is -2.55.